The first-order chi connectivity index (χ1) is 7.25. The van der Waals surface area contributed by atoms with Crippen LogP contribution in [0.2, 0.25) is 0 Å². The van der Waals surface area contributed by atoms with Crippen LogP contribution in [-0.2, 0) is 6.42 Å². The number of anilines is 1. The summed E-state index contributed by atoms with van der Waals surface area (Å²) in [5.74, 6) is 0. The van der Waals surface area contributed by atoms with Crippen LogP contribution < -0.4 is 5.73 Å². The number of hydrogen-bond donors (Lipinski definition) is 1. The molecule has 2 heteroatoms. The minimum Gasteiger partial charge on any atom is -0.399 e. The van der Waals surface area contributed by atoms with Crippen molar-refractivity contribution in [2.45, 2.75) is 31.7 Å². The second-order valence-electron chi connectivity index (χ2n) is 4.58. The molecule has 2 rings (SSSR count). The minimum absolute atomic E-state index is 0.724. The van der Waals surface area contributed by atoms with Crippen LogP contribution in [0.1, 0.15) is 24.8 Å². The van der Waals surface area contributed by atoms with Crippen molar-refractivity contribution in [3.63, 3.8) is 0 Å². The summed E-state index contributed by atoms with van der Waals surface area (Å²) in [4.78, 5) is 2.49. The third-order valence-corrected chi connectivity index (χ3v) is 3.37. The van der Waals surface area contributed by atoms with Crippen LogP contribution in [0.5, 0.6) is 0 Å². The predicted molar refractivity (Wildman–Crippen MR) is 64.8 cm³/mol. The van der Waals surface area contributed by atoms with E-state index in [1.54, 1.807) is 0 Å². The zero-order chi connectivity index (χ0) is 10.7. The van der Waals surface area contributed by atoms with Gasteiger partial charge in [-0.2, -0.15) is 0 Å². The fourth-order valence-corrected chi connectivity index (χ4v) is 2.33. The molecule has 0 radical (unpaired) electrons. The largest absolute Gasteiger partial charge is 0.399 e. The summed E-state index contributed by atoms with van der Waals surface area (Å²) in [6, 6.07) is 9.02. The lowest BCUT2D eigenvalue weighted by atomic mass is 9.96. The van der Waals surface area contributed by atoms with Gasteiger partial charge >= 0.3 is 0 Å². The summed E-state index contributed by atoms with van der Waals surface area (Å²) >= 11 is 0. The molecule has 1 fully saturated rings. The second kappa shape index (κ2) is 4.67. The first-order valence-electron chi connectivity index (χ1n) is 5.80. The van der Waals surface area contributed by atoms with Gasteiger partial charge in [0.2, 0.25) is 0 Å². The summed E-state index contributed by atoms with van der Waals surface area (Å²) in [7, 11) is 2.24. The number of benzene rings is 1. The molecule has 1 aromatic carbocycles. The molecule has 82 valence electrons. The van der Waals surface area contributed by atoms with E-state index in [1.165, 1.54) is 31.4 Å². The summed E-state index contributed by atoms with van der Waals surface area (Å²) in [6.45, 7) is 1.25. The van der Waals surface area contributed by atoms with Gasteiger partial charge in [0.1, 0.15) is 0 Å². The topological polar surface area (TPSA) is 29.3 Å². The van der Waals surface area contributed by atoms with Gasteiger partial charge in [0.25, 0.3) is 0 Å². The Labute approximate surface area is 92.1 Å². The van der Waals surface area contributed by atoms with Crippen molar-refractivity contribution in [2.24, 2.45) is 0 Å². The summed E-state index contributed by atoms with van der Waals surface area (Å²) in [5, 5.41) is 0. The molecule has 1 saturated heterocycles. The Morgan fingerprint density at radius 2 is 2.00 bits per heavy atom. The van der Waals surface area contributed by atoms with Crippen molar-refractivity contribution < 1.29 is 0 Å². The molecule has 2 nitrogen and oxygen atoms in total. The lowest BCUT2D eigenvalue weighted by molar-refractivity contribution is 0.184. The first kappa shape index (κ1) is 10.5. The van der Waals surface area contributed by atoms with Crippen LogP contribution in [0.3, 0.4) is 0 Å². The molecule has 0 bridgehead atoms. The van der Waals surface area contributed by atoms with E-state index < -0.39 is 0 Å². The molecule has 1 aromatic rings. The molecular weight excluding hydrogens is 184 g/mol. The van der Waals surface area contributed by atoms with Crippen molar-refractivity contribution in [1.29, 1.82) is 0 Å². The minimum atomic E-state index is 0.724. The van der Waals surface area contributed by atoms with Gasteiger partial charge in [-0.05, 0) is 50.6 Å². The molecule has 2 N–H and O–H groups in total. The maximum Gasteiger partial charge on any atom is 0.0314 e. The maximum absolute atomic E-state index is 5.68. The van der Waals surface area contributed by atoms with Crippen molar-refractivity contribution in [3.05, 3.63) is 29.8 Å². The van der Waals surface area contributed by atoms with E-state index in [4.69, 9.17) is 5.73 Å². The first-order valence-corrected chi connectivity index (χ1v) is 5.80. The van der Waals surface area contributed by atoms with Gasteiger partial charge < -0.3 is 10.6 Å². The van der Waals surface area contributed by atoms with Gasteiger partial charge in [-0.3, -0.25) is 0 Å². The number of likely N-dealkylation sites (tertiary alicyclic amines) is 1. The van der Waals surface area contributed by atoms with Crippen LogP contribution in [0.4, 0.5) is 5.69 Å². The molecule has 15 heavy (non-hydrogen) atoms. The highest BCUT2D eigenvalue weighted by Crippen LogP contribution is 2.19. The molecule has 0 aromatic heterocycles. The van der Waals surface area contributed by atoms with Gasteiger partial charge in [0.05, 0.1) is 0 Å². The molecule has 0 amide bonds. The zero-order valence-electron chi connectivity index (χ0n) is 9.45. The van der Waals surface area contributed by atoms with Crippen molar-refractivity contribution in [3.8, 4) is 0 Å². The Kier molecular flexibility index (Phi) is 3.27. The molecule has 0 saturated carbocycles. The van der Waals surface area contributed by atoms with Crippen LogP contribution in [0, 0.1) is 0 Å². The van der Waals surface area contributed by atoms with E-state index in [9.17, 15) is 0 Å². The van der Waals surface area contributed by atoms with E-state index in [1.807, 2.05) is 12.1 Å². The van der Waals surface area contributed by atoms with Crippen LogP contribution >= 0.6 is 0 Å². The van der Waals surface area contributed by atoms with Crippen molar-refractivity contribution in [2.75, 3.05) is 19.3 Å². The maximum atomic E-state index is 5.68. The molecule has 1 aliphatic rings. The fraction of sp³-hybridized carbons (Fsp3) is 0.538. The molecule has 1 unspecified atom stereocenters. The Balaban J connectivity index is 1.98. The molecular formula is C13H20N2. The van der Waals surface area contributed by atoms with Gasteiger partial charge in [-0.25, -0.2) is 0 Å². The number of nitrogen functional groups attached to an aromatic ring is 1. The number of nitrogens with zero attached hydrogens (tertiary/aromatic N) is 1. The quantitative estimate of drug-likeness (QED) is 0.749. The van der Waals surface area contributed by atoms with Gasteiger partial charge in [-0.1, -0.05) is 18.6 Å². The van der Waals surface area contributed by atoms with Crippen LogP contribution in [0.15, 0.2) is 24.3 Å². The number of piperidine rings is 1. The molecule has 0 spiro atoms. The number of likely N-dealkylation sites (N-methyl/N-ethyl adjacent to an activating group) is 1. The third kappa shape index (κ3) is 2.72. The Hall–Kier alpha value is -1.02. The number of hydrogen-bond acceptors (Lipinski definition) is 2. The molecule has 1 atom stereocenters. The van der Waals surface area contributed by atoms with E-state index in [-0.39, 0.29) is 0 Å². The molecule has 1 heterocycles. The highest BCUT2D eigenvalue weighted by molar-refractivity contribution is 5.39. The standard InChI is InChI=1S/C13H20N2/c1-15-9-3-2-4-13(15)10-11-5-7-12(14)8-6-11/h5-8,13H,2-4,9-10,14H2,1H3. The Morgan fingerprint density at radius 3 is 2.67 bits per heavy atom. The Morgan fingerprint density at radius 1 is 1.27 bits per heavy atom. The summed E-state index contributed by atoms with van der Waals surface area (Å²) in [5.41, 5.74) is 7.94. The fourth-order valence-electron chi connectivity index (χ4n) is 2.33. The van der Waals surface area contributed by atoms with E-state index >= 15 is 0 Å². The third-order valence-electron chi connectivity index (χ3n) is 3.37. The van der Waals surface area contributed by atoms with Crippen molar-refractivity contribution >= 4 is 5.69 Å². The summed E-state index contributed by atoms with van der Waals surface area (Å²) in [6.07, 6.45) is 5.23. The monoisotopic (exact) mass is 204 g/mol. The van der Waals surface area contributed by atoms with Crippen LogP contribution in [-0.4, -0.2) is 24.5 Å². The SMILES string of the molecule is CN1CCCCC1Cc1ccc(N)cc1. The van der Waals surface area contributed by atoms with Gasteiger partial charge in [0, 0.05) is 11.7 Å². The lowest BCUT2D eigenvalue weighted by Gasteiger charge is -2.32. The highest BCUT2D eigenvalue weighted by atomic mass is 15.1. The number of nitrogens with two attached hydrogens (primary N) is 1. The van der Waals surface area contributed by atoms with Crippen molar-refractivity contribution in [1.82, 2.24) is 4.90 Å². The average Bonchev–Trinajstić information content (AvgIpc) is 2.25. The molecule has 0 aliphatic carbocycles. The van der Waals surface area contributed by atoms with Crippen LogP contribution in [0.25, 0.3) is 0 Å². The zero-order valence-corrected chi connectivity index (χ0v) is 9.45. The molecule has 1 aliphatic heterocycles. The number of rotatable bonds is 2. The Bertz CT molecular complexity index is 305. The van der Waals surface area contributed by atoms with E-state index in [0.29, 0.717) is 0 Å². The normalized spacial score (nSPS) is 22.9. The highest BCUT2D eigenvalue weighted by Gasteiger charge is 2.18. The van der Waals surface area contributed by atoms with Gasteiger partial charge in [-0.15, -0.1) is 0 Å². The van der Waals surface area contributed by atoms with Gasteiger partial charge in [0.15, 0.2) is 0 Å². The second-order valence-corrected chi connectivity index (χ2v) is 4.58. The lowest BCUT2D eigenvalue weighted by Crippen LogP contribution is -2.37. The summed E-state index contributed by atoms with van der Waals surface area (Å²) < 4.78 is 0. The average molecular weight is 204 g/mol. The predicted octanol–water partition coefficient (Wildman–Crippen LogP) is 2.30. The van der Waals surface area contributed by atoms with E-state index in [0.717, 1.165) is 18.2 Å². The smallest absolute Gasteiger partial charge is 0.0314 e. The van der Waals surface area contributed by atoms with E-state index in [2.05, 4.69) is 24.1 Å².